The average molecular weight is 287 g/mol. The summed E-state index contributed by atoms with van der Waals surface area (Å²) in [5.74, 6) is -0.0967. The van der Waals surface area contributed by atoms with Crippen LogP contribution in [-0.4, -0.2) is 32.4 Å². The summed E-state index contributed by atoms with van der Waals surface area (Å²) in [6.45, 7) is 0.703. The number of aromatic nitrogens is 4. The van der Waals surface area contributed by atoms with Gasteiger partial charge in [-0.15, -0.1) is 11.3 Å². The topological polar surface area (TPSA) is 72.7 Å². The Hall–Kier alpha value is -2.28. The Morgan fingerprint density at radius 3 is 2.65 bits per heavy atom. The number of nitrogens with one attached hydrogen (secondary N) is 1. The molecule has 3 rings (SSSR count). The minimum Gasteiger partial charge on any atom is -0.354 e. The van der Waals surface area contributed by atoms with E-state index in [2.05, 4.69) is 20.5 Å². The molecule has 1 N–H and O–H groups in total. The standard InChI is InChI=1S/C13H13N5OS/c19-13(14-6-5-10-8-20-9-15-10)7-18-16-11-3-1-2-4-12(11)17-18/h1-4,8-9H,5-7H2,(H,14,19). The molecule has 0 spiro atoms. The molecule has 2 heterocycles. The van der Waals surface area contributed by atoms with Crippen molar-refractivity contribution in [1.82, 2.24) is 25.3 Å². The Balaban J connectivity index is 1.53. The van der Waals surface area contributed by atoms with E-state index in [0.29, 0.717) is 6.54 Å². The SMILES string of the molecule is O=C(Cn1nc2ccccc2n1)NCCc1cscn1. The van der Waals surface area contributed by atoms with E-state index in [1.54, 1.807) is 16.8 Å². The fourth-order valence-corrected chi connectivity index (χ4v) is 2.44. The molecule has 0 aliphatic carbocycles. The second-order valence-electron chi connectivity index (χ2n) is 4.30. The van der Waals surface area contributed by atoms with Crippen molar-refractivity contribution in [3.05, 3.63) is 40.8 Å². The zero-order valence-corrected chi connectivity index (χ0v) is 11.5. The highest BCUT2D eigenvalue weighted by Crippen LogP contribution is 2.06. The smallest absolute Gasteiger partial charge is 0.243 e. The highest BCUT2D eigenvalue weighted by atomic mass is 32.1. The Labute approximate surface area is 119 Å². The summed E-state index contributed by atoms with van der Waals surface area (Å²) in [5.41, 5.74) is 4.37. The van der Waals surface area contributed by atoms with Gasteiger partial charge in [0, 0.05) is 18.3 Å². The first-order chi connectivity index (χ1) is 9.81. The summed E-state index contributed by atoms with van der Waals surface area (Å²) >= 11 is 1.56. The van der Waals surface area contributed by atoms with Gasteiger partial charge in [-0.05, 0) is 12.1 Å². The molecule has 3 aromatic rings. The van der Waals surface area contributed by atoms with E-state index in [0.717, 1.165) is 23.1 Å². The first-order valence-electron chi connectivity index (χ1n) is 6.25. The summed E-state index contributed by atoms with van der Waals surface area (Å²) in [7, 11) is 0. The molecule has 2 aromatic heterocycles. The maximum Gasteiger partial charge on any atom is 0.243 e. The van der Waals surface area contributed by atoms with Crippen molar-refractivity contribution in [1.29, 1.82) is 0 Å². The zero-order valence-electron chi connectivity index (χ0n) is 10.7. The number of carbonyl (C=O) groups is 1. The molecule has 0 atom stereocenters. The predicted molar refractivity (Wildman–Crippen MR) is 76.4 cm³/mol. The number of rotatable bonds is 5. The van der Waals surface area contributed by atoms with Crippen LogP contribution in [0, 0.1) is 0 Å². The third kappa shape index (κ3) is 3.00. The van der Waals surface area contributed by atoms with Gasteiger partial charge in [0.2, 0.25) is 5.91 Å². The first kappa shape index (κ1) is 12.7. The van der Waals surface area contributed by atoms with Gasteiger partial charge in [0.05, 0.1) is 11.2 Å². The maximum atomic E-state index is 11.8. The molecule has 0 bridgehead atoms. The number of thiazole rings is 1. The molecule has 7 heteroatoms. The van der Waals surface area contributed by atoms with E-state index in [1.165, 1.54) is 4.80 Å². The Kier molecular flexibility index (Phi) is 3.69. The maximum absolute atomic E-state index is 11.8. The van der Waals surface area contributed by atoms with Crippen molar-refractivity contribution in [2.45, 2.75) is 13.0 Å². The average Bonchev–Trinajstić information content (AvgIpc) is 3.06. The van der Waals surface area contributed by atoms with E-state index in [1.807, 2.05) is 29.6 Å². The molecular formula is C13H13N5OS. The van der Waals surface area contributed by atoms with Crippen LogP contribution >= 0.6 is 11.3 Å². The third-order valence-electron chi connectivity index (χ3n) is 2.80. The predicted octanol–water partition coefficient (Wildman–Crippen LogP) is 1.25. The molecule has 0 fully saturated rings. The molecule has 0 saturated carbocycles. The molecule has 0 unspecified atom stereocenters. The van der Waals surface area contributed by atoms with Crippen LogP contribution in [0.5, 0.6) is 0 Å². The lowest BCUT2D eigenvalue weighted by molar-refractivity contribution is -0.122. The highest BCUT2D eigenvalue weighted by molar-refractivity contribution is 7.07. The van der Waals surface area contributed by atoms with Crippen LogP contribution in [-0.2, 0) is 17.8 Å². The number of fused-ring (bicyclic) bond motifs is 1. The molecular weight excluding hydrogens is 274 g/mol. The van der Waals surface area contributed by atoms with Crippen molar-refractivity contribution in [3.8, 4) is 0 Å². The van der Waals surface area contributed by atoms with Gasteiger partial charge in [-0.25, -0.2) is 4.98 Å². The molecule has 1 amide bonds. The van der Waals surface area contributed by atoms with Crippen LogP contribution in [0.3, 0.4) is 0 Å². The third-order valence-corrected chi connectivity index (χ3v) is 3.44. The molecule has 20 heavy (non-hydrogen) atoms. The first-order valence-corrected chi connectivity index (χ1v) is 7.19. The van der Waals surface area contributed by atoms with Gasteiger partial charge in [-0.1, -0.05) is 12.1 Å². The molecule has 6 nitrogen and oxygen atoms in total. The van der Waals surface area contributed by atoms with Crippen molar-refractivity contribution in [2.75, 3.05) is 6.54 Å². The summed E-state index contributed by atoms with van der Waals surface area (Å²) < 4.78 is 0. The van der Waals surface area contributed by atoms with Crippen molar-refractivity contribution in [2.24, 2.45) is 0 Å². The molecule has 1 aromatic carbocycles. The normalized spacial score (nSPS) is 10.8. The number of nitrogens with zero attached hydrogens (tertiary/aromatic N) is 4. The minimum absolute atomic E-state index is 0.0967. The van der Waals surface area contributed by atoms with Gasteiger partial charge < -0.3 is 5.32 Å². The highest BCUT2D eigenvalue weighted by Gasteiger charge is 2.06. The van der Waals surface area contributed by atoms with Gasteiger partial charge in [-0.2, -0.15) is 15.0 Å². The molecule has 0 saturated heterocycles. The largest absolute Gasteiger partial charge is 0.354 e. The van der Waals surface area contributed by atoms with Crippen LogP contribution in [0.25, 0.3) is 11.0 Å². The summed E-state index contributed by atoms with van der Waals surface area (Å²) in [5, 5.41) is 13.3. The van der Waals surface area contributed by atoms with E-state index < -0.39 is 0 Å². The summed E-state index contributed by atoms with van der Waals surface area (Å²) in [6.07, 6.45) is 0.740. The summed E-state index contributed by atoms with van der Waals surface area (Å²) in [4.78, 5) is 17.4. The lowest BCUT2D eigenvalue weighted by Crippen LogP contribution is -2.30. The van der Waals surface area contributed by atoms with Crippen molar-refractivity contribution >= 4 is 28.3 Å². The van der Waals surface area contributed by atoms with Gasteiger partial charge in [0.1, 0.15) is 17.6 Å². The van der Waals surface area contributed by atoms with Crippen LogP contribution in [0.2, 0.25) is 0 Å². The van der Waals surface area contributed by atoms with Crippen molar-refractivity contribution < 1.29 is 4.79 Å². The summed E-state index contributed by atoms with van der Waals surface area (Å²) in [6, 6.07) is 7.54. The fraction of sp³-hybridized carbons (Fsp3) is 0.231. The Morgan fingerprint density at radius 1 is 1.25 bits per heavy atom. The van der Waals surface area contributed by atoms with E-state index in [9.17, 15) is 4.79 Å². The van der Waals surface area contributed by atoms with E-state index in [-0.39, 0.29) is 12.5 Å². The number of amides is 1. The quantitative estimate of drug-likeness (QED) is 0.766. The van der Waals surface area contributed by atoms with Gasteiger partial charge in [0.15, 0.2) is 0 Å². The van der Waals surface area contributed by atoms with Gasteiger partial charge in [-0.3, -0.25) is 4.79 Å². The Morgan fingerprint density at radius 2 is 2.00 bits per heavy atom. The van der Waals surface area contributed by atoms with Crippen LogP contribution in [0.15, 0.2) is 35.2 Å². The van der Waals surface area contributed by atoms with E-state index >= 15 is 0 Å². The lowest BCUT2D eigenvalue weighted by atomic mass is 10.3. The van der Waals surface area contributed by atoms with Crippen LogP contribution in [0.1, 0.15) is 5.69 Å². The molecule has 102 valence electrons. The Bertz CT molecular complexity index is 673. The number of hydrogen-bond donors (Lipinski definition) is 1. The van der Waals surface area contributed by atoms with Crippen LogP contribution in [0.4, 0.5) is 0 Å². The van der Waals surface area contributed by atoms with Gasteiger partial charge in [0.25, 0.3) is 0 Å². The molecule has 0 radical (unpaired) electrons. The monoisotopic (exact) mass is 287 g/mol. The van der Waals surface area contributed by atoms with E-state index in [4.69, 9.17) is 0 Å². The van der Waals surface area contributed by atoms with Gasteiger partial charge >= 0.3 is 0 Å². The number of carbonyl (C=O) groups excluding carboxylic acids is 1. The lowest BCUT2D eigenvalue weighted by Gasteiger charge is -2.03. The van der Waals surface area contributed by atoms with Crippen LogP contribution < -0.4 is 5.32 Å². The fourth-order valence-electron chi connectivity index (χ4n) is 1.85. The second kappa shape index (κ2) is 5.79. The zero-order chi connectivity index (χ0) is 13.8. The minimum atomic E-state index is -0.0967. The molecule has 0 aliphatic rings. The number of benzene rings is 1. The second-order valence-corrected chi connectivity index (χ2v) is 5.02. The number of hydrogen-bond acceptors (Lipinski definition) is 5. The van der Waals surface area contributed by atoms with Crippen molar-refractivity contribution in [3.63, 3.8) is 0 Å². The molecule has 0 aliphatic heterocycles.